The molecule has 0 radical (unpaired) electrons. The van der Waals surface area contributed by atoms with Gasteiger partial charge in [0, 0.05) is 37.7 Å². The van der Waals surface area contributed by atoms with Crippen LogP contribution in [0.1, 0.15) is 72.1 Å². The molecule has 3 amide bonds. The SMILES string of the molecule is CC(C)C1CC(O)(c2ccc3c(c2)CN(C2CCC(=O)NC2=O)C3=O)CCN1Cc1ccc(C(F)(F)F)cc1. The maximum atomic E-state index is 13.1. The van der Waals surface area contributed by atoms with E-state index < -0.39 is 29.3 Å². The van der Waals surface area contributed by atoms with Crippen LogP contribution in [-0.4, -0.2) is 51.3 Å². The number of alkyl halides is 3. The summed E-state index contributed by atoms with van der Waals surface area (Å²) in [4.78, 5) is 40.6. The molecule has 5 rings (SSSR count). The van der Waals surface area contributed by atoms with E-state index in [4.69, 9.17) is 0 Å². The van der Waals surface area contributed by atoms with Gasteiger partial charge in [0.25, 0.3) is 5.91 Å². The van der Waals surface area contributed by atoms with Crippen LogP contribution >= 0.6 is 0 Å². The number of imide groups is 1. The first-order valence-electron chi connectivity index (χ1n) is 13.3. The third-order valence-electron chi connectivity index (χ3n) is 8.33. The molecule has 2 saturated heterocycles. The summed E-state index contributed by atoms with van der Waals surface area (Å²) >= 11 is 0. The largest absolute Gasteiger partial charge is 0.416 e. The van der Waals surface area contributed by atoms with Crippen LogP contribution in [0.3, 0.4) is 0 Å². The Balaban J connectivity index is 1.31. The monoisotopic (exact) mass is 543 g/mol. The molecule has 2 aromatic rings. The Morgan fingerprint density at radius 3 is 2.46 bits per heavy atom. The van der Waals surface area contributed by atoms with Crippen LogP contribution in [0.5, 0.6) is 0 Å². The van der Waals surface area contributed by atoms with E-state index in [1.165, 1.54) is 17.0 Å². The third kappa shape index (κ3) is 5.32. The Morgan fingerprint density at radius 2 is 1.82 bits per heavy atom. The molecule has 208 valence electrons. The van der Waals surface area contributed by atoms with E-state index in [9.17, 15) is 32.7 Å². The van der Waals surface area contributed by atoms with Gasteiger partial charge in [-0.25, -0.2) is 0 Å². The lowest BCUT2D eigenvalue weighted by atomic mass is 9.77. The quantitative estimate of drug-likeness (QED) is 0.557. The second-order valence-corrected chi connectivity index (χ2v) is 11.2. The molecule has 2 N–H and O–H groups in total. The number of hydrogen-bond acceptors (Lipinski definition) is 5. The molecule has 0 saturated carbocycles. The number of carbonyl (C=O) groups excluding carboxylic acids is 3. The number of aliphatic hydroxyl groups is 1. The van der Waals surface area contributed by atoms with E-state index in [2.05, 4.69) is 24.1 Å². The number of nitrogens with zero attached hydrogens (tertiary/aromatic N) is 2. The number of carbonyl (C=O) groups is 3. The van der Waals surface area contributed by atoms with Crippen LogP contribution in [0.25, 0.3) is 0 Å². The minimum atomic E-state index is -4.38. The van der Waals surface area contributed by atoms with Gasteiger partial charge in [-0.15, -0.1) is 0 Å². The van der Waals surface area contributed by atoms with Crippen LogP contribution in [0.4, 0.5) is 13.2 Å². The van der Waals surface area contributed by atoms with E-state index >= 15 is 0 Å². The molecule has 0 bridgehead atoms. The Morgan fingerprint density at radius 1 is 1.10 bits per heavy atom. The van der Waals surface area contributed by atoms with Gasteiger partial charge in [-0.05, 0) is 60.1 Å². The lowest BCUT2D eigenvalue weighted by molar-refractivity contribution is -0.138. The molecule has 3 unspecified atom stereocenters. The number of fused-ring (bicyclic) bond motifs is 1. The highest BCUT2D eigenvalue weighted by molar-refractivity contribution is 6.05. The summed E-state index contributed by atoms with van der Waals surface area (Å²) in [6, 6.07) is 9.83. The standard InChI is InChI=1S/C29H32F3N3O4/c1-17(2)24-14-28(39,11-12-34(24)15-18-3-5-20(6-4-18)29(30,31)32)21-7-8-22-19(13-21)16-35(27(22)38)23-9-10-25(36)33-26(23)37/h3-8,13,17,23-24,39H,9-12,14-16H2,1-2H3,(H,33,36,37). The first kappa shape index (κ1) is 27.3. The Hall–Kier alpha value is -3.24. The maximum absolute atomic E-state index is 13.1. The predicted molar refractivity (Wildman–Crippen MR) is 136 cm³/mol. The highest BCUT2D eigenvalue weighted by atomic mass is 19.4. The maximum Gasteiger partial charge on any atom is 0.416 e. The van der Waals surface area contributed by atoms with Gasteiger partial charge in [0.2, 0.25) is 11.8 Å². The molecule has 2 fully saturated rings. The Kier molecular flexibility index (Phi) is 7.05. The van der Waals surface area contributed by atoms with Crippen LogP contribution in [-0.2, 0) is 34.5 Å². The number of piperidine rings is 2. The fraction of sp³-hybridized carbons (Fsp3) is 0.483. The summed E-state index contributed by atoms with van der Waals surface area (Å²) < 4.78 is 38.9. The van der Waals surface area contributed by atoms with Crippen molar-refractivity contribution in [2.45, 2.75) is 76.5 Å². The second-order valence-electron chi connectivity index (χ2n) is 11.2. The van der Waals surface area contributed by atoms with E-state index in [-0.39, 0.29) is 43.2 Å². The van der Waals surface area contributed by atoms with Crippen LogP contribution in [0.2, 0.25) is 0 Å². The van der Waals surface area contributed by atoms with Crippen molar-refractivity contribution in [1.29, 1.82) is 0 Å². The smallest absolute Gasteiger partial charge is 0.385 e. The Bertz CT molecular complexity index is 1290. The van der Waals surface area contributed by atoms with Crippen molar-refractivity contribution in [3.63, 3.8) is 0 Å². The van der Waals surface area contributed by atoms with Gasteiger partial charge in [0.1, 0.15) is 6.04 Å². The van der Waals surface area contributed by atoms with Gasteiger partial charge >= 0.3 is 6.18 Å². The highest BCUT2D eigenvalue weighted by Crippen LogP contribution is 2.41. The number of hydrogen-bond donors (Lipinski definition) is 2. The van der Waals surface area contributed by atoms with Crippen LogP contribution in [0.15, 0.2) is 42.5 Å². The molecular weight excluding hydrogens is 511 g/mol. The van der Waals surface area contributed by atoms with Gasteiger partial charge in [-0.1, -0.05) is 38.1 Å². The summed E-state index contributed by atoms with van der Waals surface area (Å²) in [5.74, 6) is -0.879. The van der Waals surface area contributed by atoms with E-state index in [0.717, 1.165) is 23.3 Å². The van der Waals surface area contributed by atoms with Gasteiger partial charge in [-0.2, -0.15) is 13.2 Å². The molecule has 0 aliphatic carbocycles. The van der Waals surface area contributed by atoms with Crippen molar-refractivity contribution >= 4 is 17.7 Å². The van der Waals surface area contributed by atoms with Gasteiger partial charge in [0.05, 0.1) is 11.2 Å². The molecule has 3 heterocycles. The first-order valence-corrected chi connectivity index (χ1v) is 13.3. The first-order chi connectivity index (χ1) is 18.4. The summed E-state index contributed by atoms with van der Waals surface area (Å²) in [6.07, 6.45) is -3.04. The number of rotatable bonds is 5. The zero-order valence-electron chi connectivity index (χ0n) is 21.9. The fourth-order valence-electron chi connectivity index (χ4n) is 6.08. The second kappa shape index (κ2) is 10.1. The summed E-state index contributed by atoms with van der Waals surface area (Å²) in [5, 5.41) is 14.1. The zero-order valence-corrected chi connectivity index (χ0v) is 21.9. The summed E-state index contributed by atoms with van der Waals surface area (Å²) in [5.41, 5.74) is 0.913. The highest BCUT2D eigenvalue weighted by Gasteiger charge is 2.43. The van der Waals surface area contributed by atoms with E-state index in [0.29, 0.717) is 37.1 Å². The lowest BCUT2D eigenvalue weighted by Gasteiger charge is -2.46. The average molecular weight is 544 g/mol. The minimum absolute atomic E-state index is 0.0131. The molecule has 0 aromatic heterocycles. The number of halogens is 3. The average Bonchev–Trinajstić information content (AvgIpc) is 3.20. The van der Waals surface area contributed by atoms with Crippen molar-refractivity contribution < 1.29 is 32.7 Å². The molecule has 7 nitrogen and oxygen atoms in total. The van der Waals surface area contributed by atoms with Gasteiger partial charge < -0.3 is 10.0 Å². The molecular formula is C29H32F3N3O4. The van der Waals surface area contributed by atoms with Crippen molar-refractivity contribution in [2.24, 2.45) is 5.92 Å². The normalized spacial score (nSPS) is 26.2. The van der Waals surface area contributed by atoms with Crippen molar-refractivity contribution in [2.75, 3.05) is 6.54 Å². The fourth-order valence-corrected chi connectivity index (χ4v) is 6.08. The molecule has 3 aliphatic rings. The molecule has 39 heavy (non-hydrogen) atoms. The molecule has 0 spiro atoms. The minimum Gasteiger partial charge on any atom is -0.385 e. The molecule has 2 aromatic carbocycles. The van der Waals surface area contributed by atoms with Gasteiger partial charge in [-0.3, -0.25) is 24.6 Å². The summed E-state index contributed by atoms with van der Waals surface area (Å²) in [6.45, 7) is 5.40. The van der Waals surface area contributed by atoms with Crippen molar-refractivity contribution in [3.8, 4) is 0 Å². The molecule has 3 aliphatic heterocycles. The van der Waals surface area contributed by atoms with Crippen LogP contribution < -0.4 is 5.32 Å². The number of benzene rings is 2. The van der Waals surface area contributed by atoms with E-state index in [1.807, 2.05) is 6.07 Å². The number of likely N-dealkylation sites (tertiary alicyclic amines) is 1. The van der Waals surface area contributed by atoms with Crippen molar-refractivity contribution in [3.05, 3.63) is 70.3 Å². The topological polar surface area (TPSA) is 90.0 Å². The number of amides is 3. The molecule has 10 heteroatoms. The molecule has 3 atom stereocenters. The zero-order chi connectivity index (χ0) is 28.1. The van der Waals surface area contributed by atoms with Gasteiger partial charge in [0.15, 0.2) is 0 Å². The Labute approximate surface area is 225 Å². The van der Waals surface area contributed by atoms with Crippen molar-refractivity contribution in [1.82, 2.24) is 15.1 Å². The van der Waals surface area contributed by atoms with Crippen LogP contribution in [0, 0.1) is 5.92 Å². The predicted octanol–water partition coefficient (Wildman–Crippen LogP) is 3.97. The van der Waals surface area contributed by atoms with E-state index in [1.54, 1.807) is 12.1 Å². The lowest BCUT2D eigenvalue weighted by Crippen LogP contribution is -2.52. The number of nitrogens with one attached hydrogen (secondary N) is 1. The third-order valence-corrected chi connectivity index (χ3v) is 8.33. The summed E-state index contributed by atoms with van der Waals surface area (Å²) in [7, 11) is 0.